The summed E-state index contributed by atoms with van der Waals surface area (Å²) in [5.41, 5.74) is 0.276. The number of amides is 1. The number of rotatable bonds is 7. The monoisotopic (exact) mass is 335 g/mol. The highest BCUT2D eigenvalue weighted by Gasteiger charge is 2.21. The predicted molar refractivity (Wildman–Crippen MR) is 86.8 cm³/mol. The molecule has 0 aliphatic carbocycles. The normalized spacial score (nSPS) is 11.7. The van der Waals surface area contributed by atoms with Crippen LogP contribution < -0.4 is 19.5 Å². The molecule has 2 N–H and O–H groups in total. The minimum absolute atomic E-state index is 0.00326. The van der Waals surface area contributed by atoms with Gasteiger partial charge in [-0.15, -0.1) is 0 Å². The van der Waals surface area contributed by atoms with Gasteiger partial charge in [0.25, 0.3) is 5.91 Å². The van der Waals surface area contributed by atoms with Gasteiger partial charge in [-0.25, -0.2) is 0 Å². The fourth-order valence-corrected chi connectivity index (χ4v) is 2.30. The number of methoxy groups -OCH3 is 3. The van der Waals surface area contributed by atoms with Crippen molar-refractivity contribution in [1.29, 1.82) is 0 Å². The van der Waals surface area contributed by atoms with Crippen molar-refractivity contribution in [2.45, 2.75) is 13.0 Å². The van der Waals surface area contributed by atoms with Crippen molar-refractivity contribution in [1.82, 2.24) is 5.32 Å². The van der Waals surface area contributed by atoms with Gasteiger partial charge < -0.3 is 29.1 Å². The van der Waals surface area contributed by atoms with E-state index in [1.54, 1.807) is 31.2 Å². The van der Waals surface area contributed by atoms with E-state index in [2.05, 4.69) is 5.32 Å². The summed E-state index contributed by atoms with van der Waals surface area (Å²) in [5, 5.41) is 12.7. The summed E-state index contributed by atoms with van der Waals surface area (Å²) in [7, 11) is 4.40. The van der Waals surface area contributed by atoms with Crippen LogP contribution in [0, 0.1) is 6.92 Å². The number of carbonyl (C=O) groups excluding carboxylic acids is 1. The Labute approximate surface area is 140 Å². The molecule has 1 atom stereocenters. The SMILES string of the molecule is COc1ccc(C(=O)NCC(O)c2ccc(C)o2)c(OC)c1OC. The third kappa shape index (κ3) is 3.62. The Morgan fingerprint density at radius 3 is 2.38 bits per heavy atom. The molecule has 2 rings (SSSR count). The van der Waals surface area contributed by atoms with Crippen LogP contribution in [-0.4, -0.2) is 38.9 Å². The van der Waals surface area contributed by atoms with E-state index in [-0.39, 0.29) is 17.9 Å². The van der Waals surface area contributed by atoms with Crippen molar-refractivity contribution in [2.24, 2.45) is 0 Å². The maximum atomic E-state index is 12.4. The number of carbonyl (C=O) groups is 1. The van der Waals surface area contributed by atoms with Gasteiger partial charge >= 0.3 is 0 Å². The number of aryl methyl sites for hydroxylation is 1. The van der Waals surface area contributed by atoms with Crippen LogP contribution in [0.4, 0.5) is 0 Å². The maximum Gasteiger partial charge on any atom is 0.255 e. The summed E-state index contributed by atoms with van der Waals surface area (Å²) in [6, 6.07) is 6.60. The van der Waals surface area contributed by atoms with Crippen molar-refractivity contribution in [2.75, 3.05) is 27.9 Å². The number of ether oxygens (including phenoxy) is 3. The molecule has 1 heterocycles. The van der Waals surface area contributed by atoms with Gasteiger partial charge in [-0.2, -0.15) is 0 Å². The van der Waals surface area contributed by atoms with E-state index in [4.69, 9.17) is 18.6 Å². The van der Waals surface area contributed by atoms with E-state index in [0.29, 0.717) is 23.0 Å². The molecule has 1 amide bonds. The highest BCUT2D eigenvalue weighted by Crippen LogP contribution is 2.39. The Hall–Kier alpha value is -2.67. The molecule has 0 saturated heterocycles. The summed E-state index contributed by atoms with van der Waals surface area (Å²) >= 11 is 0. The largest absolute Gasteiger partial charge is 0.493 e. The topological polar surface area (TPSA) is 90.2 Å². The average molecular weight is 335 g/mol. The quantitative estimate of drug-likeness (QED) is 0.805. The molecule has 7 heteroatoms. The number of furan rings is 1. The molecular weight excluding hydrogens is 314 g/mol. The first kappa shape index (κ1) is 17.7. The molecule has 0 spiro atoms. The van der Waals surface area contributed by atoms with Gasteiger partial charge in [0.05, 0.1) is 33.4 Å². The lowest BCUT2D eigenvalue weighted by Crippen LogP contribution is -2.28. The number of hydrogen-bond donors (Lipinski definition) is 2. The molecule has 1 aromatic heterocycles. The summed E-state index contributed by atoms with van der Waals surface area (Å²) in [6.45, 7) is 1.78. The van der Waals surface area contributed by atoms with Crippen LogP contribution in [0.1, 0.15) is 28.0 Å². The van der Waals surface area contributed by atoms with E-state index >= 15 is 0 Å². The van der Waals surface area contributed by atoms with E-state index in [1.807, 2.05) is 0 Å². The van der Waals surface area contributed by atoms with Crippen molar-refractivity contribution in [3.8, 4) is 17.2 Å². The lowest BCUT2D eigenvalue weighted by molar-refractivity contribution is 0.0896. The second kappa shape index (κ2) is 7.74. The van der Waals surface area contributed by atoms with Crippen LogP contribution >= 0.6 is 0 Å². The van der Waals surface area contributed by atoms with Gasteiger partial charge in [0.15, 0.2) is 11.5 Å². The number of benzene rings is 1. The van der Waals surface area contributed by atoms with Crippen molar-refractivity contribution >= 4 is 5.91 Å². The van der Waals surface area contributed by atoms with Crippen LogP contribution in [0.3, 0.4) is 0 Å². The smallest absolute Gasteiger partial charge is 0.255 e. The van der Waals surface area contributed by atoms with Crippen LogP contribution in [0.25, 0.3) is 0 Å². The zero-order valence-electron chi connectivity index (χ0n) is 14.1. The van der Waals surface area contributed by atoms with Gasteiger partial charge in [0.1, 0.15) is 17.6 Å². The first-order valence-electron chi connectivity index (χ1n) is 7.33. The molecule has 130 valence electrons. The average Bonchev–Trinajstić information content (AvgIpc) is 3.04. The first-order valence-corrected chi connectivity index (χ1v) is 7.33. The summed E-state index contributed by atoms with van der Waals surface area (Å²) in [4.78, 5) is 12.4. The Kier molecular flexibility index (Phi) is 5.70. The maximum absolute atomic E-state index is 12.4. The zero-order valence-corrected chi connectivity index (χ0v) is 14.1. The summed E-state index contributed by atoms with van der Waals surface area (Å²) < 4.78 is 21.0. The zero-order chi connectivity index (χ0) is 17.7. The van der Waals surface area contributed by atoms with Crippen molar-refractivity contribution in [3.63, 3.8) is 0 Å². The molecule has 1 unspecified atom stereocenters. The van der Waals surface area contributed by atoms with E-state index in [0.717, 1.165) is 0 Å². The van der Waals surface area contributed by atoms with Crippen molar-refractivity contribution in [3.05, 3.63) is 41.3 Å². The minimum atomic E-state index is -0.936. The number of aliphatic hydroxyl groups is 1. The standard InChI is InChI=1S/C17H21NO6/c1-10-5-7-13(24-10)12(19)9-18-17(20)11-6-8-14(21-2)16(23-4)15(11)22-3/h5-8,12,19H,9H2,1-4H3,(H,18,20). The van der Waals surface area contributed by atoms with Gasteiger partial charge in [-0.3, -0.25) is 4.79 Å². The molecule has 0 bridgehead atoms. The van der Waals surface area contributed by atoms with Crippen LogP contribution in [0.5, 0.6) is 17.2 Å². The number of hydrogen-bond acceptors (Lipinski definition) is 6. The Bertz CT molecular complexity index is 709. The third-order valence-corrected chi connectivity index (χ3v) is 3.49. The van der Waals surface area contributed by atoms with E-state index in [1.165, 1.54) is 21.3 Å². The Balaban J connectivity index is 2.14. The molecule has 24 heavy (non-hydrogen) atoms. The Morgan fingerprint density at radius 1 is 1.12 bits per heavy atom. The van der Waals surface area contributed by atoms with Crippen LogP contribution in [0.15, 0.2) is 28.7 Å². The molecule has 7 nitrogen and oxygen atoms in total. The lowest BCUT2D eigenvalue weighted by Gasteiger charge is -2.16. The highest BCUT2D eigenvalue weighted by molar-refractivity contribution is 5.98. The predicted octanol–water partition coefficient (Wildman–Crippen LogP) is 2.08. The fraction of sp³-hybridized carbons (Fsp3) is 0.353. The van der Waals surface area contributed by atoms with Gasteiger partial charge in [-0.1, -0.05) is 0 Å². The number of aliphatic hydroxyl groups excluding tert-OH is 1. The van der Waals surface area contributed by atoms with E-state index < -0.39 is 12.0 Å². The molecule has 2 aromatic rings. The van der Waals surface area contributed by atoms with Crippen molar-refractivity contribution < 1.29 is 28.5 Å². The van der Waals surface area contributed by atoms with Crippen LogP contribution in [0.2, 0.25) is 0 Å². The fourth-order valence-electron chi connectivity index (χ4n) is 2.30. The molecule has 0 aliphatic heterocycles. The lowest BCUT2D eigenvalue weighted by atomic mass is 10.1. The molecule has 1 aromatic carbocycles. The minimum Gasteiger partial charge on any atom is -0.493 e. The second-order valence-electron chi connectivity index (χ2n) is 5.06. The van der Waals surface area contributed by atoms with Gasteiger partial charge in [0, 0.05) is 0 Å². The second-order valence-corrected chi connectivity index (χ2v) is 5.06. The number of nitrogens with one attached hydrogen (secondary N) is 1. The van der Waals surface area contributed by atoms with Gasteiger partial charge in [-0.05, 0) is 31.2 Å². The third-order valence-electron chi connectivity index (χ3n) is 3.49. The Morgan fingerprint density at radius 2 is 1.83 bits per heavy atom. The molecule has 0 fully saturated rings. The first-order chi connectivity index (χ1) is 11.5. The molecule has 0 aliphatic rings. The molecule has 0 saturated carbocycles. The highest BCUT2D eigenvalue weighted by atomic mass is 16.5. The summed E-state index contributed by atoms with van der Waals surface area (Å²) in [6.07, 6.45) is -0.936. The van der Waals surface area contributed by atoms with Gasteiger partial charge in [0.2, 0.25) is 5.75 Å². The molecular formula is C17H21NO6. The van der Waals surface area contributed by atoms with Crippen LogP contribution in [-0.2, 0) is 0 Å². The molecule has 0 radical (unpaired) electrons. The van der Waals surface area contributed by atoms with E-state index in [9.17, 15) is 9.90 Å². The summed E-state index contributed by atoms with van der Waals surface area (Å²) in [5.74, 6) is 1.73.